The van der Waals surface area contributed by atoms with Gasteiger partial charge in [0.1, 0.15) is 17.1 Å². The molecule has 0 aliphatic carbocycles. The van der Waals surface area contributed by atoms with Crippen LogP contribution in [0.1, 0.15) is 35.7 Å². The summed E-state index contributed by atoms with van der Waals surface area (Å²) in [5.41, 5.74) is 1.38. The predicted octanol–water partition coefficient (Wildman–Crippen LogP) is 4.36. The van der Waals surface area contributed by atoms with Crippen molar-refractivity contribution in [2.45, 2.75) is 26.2 Å². The van der Waals surface area contributed by atoms with Gasteiger partial charge in [-0.1, -0.05) is 13.3 Å². The third-order valence-corrected chi connectivity index (χ3v) is 4.14. The minimum absolute atomic E-state index is 0.328. The zero-order valence-electron chi connectivity index (χ0n) is 14.8. The lowest BCUT2D eigenvalue weighted by atomic mass is 10.0. The molecule has 0 aliphatic heterocycles. The summed E-state index contributed by atoms with van der Waals surface area (Å²) in [5.74, 6) is 0.499. The van der Waals surface area contributed by atoms with E-state index in [2.05, 4.69) is 6.92 Å². The Labute approximate surface area is 151 Å². The van der Waals surface area contributed by atoms with Crippen LogP contribution in [0.2, 0.25) is 0 Å². The first kappa shape index (κ1) is 17.7. The summed E-state index contributed by atoms with van der Waals surface area (Å²) in [6.07, 6.45) is 2.84. The lowest BCUT2D eigenvalue weighted by Crippen LogP contribution is -2.08. The van der Waals surface area contributed by atoms with Gasteiger partial charge in [0.2, 0.25) is 0 Å². The Balaban J connectivity index is 1.86. The van der Waals surface area contributed by atoms with Gasteiger partial charge < -0.3 is 13.9 Å². The lowest BCUT2D eigenvalue weighted by molar-refractivity contribution is 0.0735. The van der Waals surface area contributed by atoms with E-state index in [1.807, 2.05) is 6.07 Å². The van der Waals surface area contributed by atoms with E-state index >= 15 is 0 Å². The molecule has 0 spiro atoms. The Morgan fingerprint density at radius 2 is 1.77 bits per heavy atom. The number of hydrogen-bond donors (Lipinski definition) is 0. The highest BCUT2D eigenvalue weighted by molar-refractivity contribution is 5.92. The van der Waals surface area contributed by atoms with Crippen molar-refractivity contribution in [3.63, 3.8) is 0 Å². The van der Waals surface area contributed by atoms with Gasteiger partial charge in [-0.25, -0.2) is 9.59 Å². The fourth-order valence-corrected chi connectivity index (χ4v) is 2.74. The molecule has 0 aliphatic rings. The van der Waals surface area contributed by atoms with Gasteiger partial charge in [0, 0.05) is 17.5 Å². The van der Waals surface area contributed by atoms with Gasteiger partial charge in [-0.3, -0.25) is 0 Å². The Kier molecular flexibility index (Phi) is 5.37. The van der Waals surface area contributed by atoms with Gasteiger partial charge in [0.05, 0.1) is 12.7 Å². The SMILES string of the molecule is CCCCc1cc(=O)oc2cc(OC(=O)c3ccc(OC)cc3)ccc12. The molecule has 5 nitrogen and oxygen atoms in total. The molecule has 0 amide bonds. The first-order valence-corrected chi connectivity index (χ1v) is 8.53. The number of benzene rings is 2. The van der Waals surface area contributed by atoms with Crippen LogP contribution in [0.15, 0.2) is 57.7 Å². The summed E-state index contributed by atoms with van der Waals surface area (Å²) < 4.78 is 15.7. The number of ether oxygens (including phenoxy) is 2. The summed E-state index contributed by atoms with van der Waals surface area (Å²) in [4.78, 5) is 24.1. The van der Waals surface area contributed by atoms with Gasteiger partial charge in [0.15, 0.2) is 0 Å². The molecule has 0 atom stereocenters. The summed E-state index contributed by atoms with van der Waals surface area (Å²) in [5, 5.41) is 0.863. The lowest BCUT2D eigenvalue weighted by Gasteiger charge is -2.08. The van der Waals surface area contributed by atoms with E-state index in [4.69, 9.17) is 13.9 Å². The number of hydrogen-bond acceptors (Lipinski definition) is 5. The first-order valence-electron chi connectivity index (χ1n) is 8.53. The molecule has 26 heavy (non-hydrogen) atoms. The monoisotopic (exact) mass is 352 g/mol. The van der Waals surface area contributed by atoms with Crippen LogP contribution < -0.4 is 15.1 Å². The predicted molar refractivity (Wildman–Crippen MR) is 99.0 cm³/mol. The Bertz CT molecular complexity index is 970. The van der Waals surface area contributed by atoms with E-state index in [0.717, 1.165) is 30.2 Å². The van der Waals surface area contributed by atoms with Crippen LogP contribution in [-0.4, -0.2) is 13.1 Å². The second-order valence-electron chi connectivity index (χ2n) is 5.97. The maximum absolute atomic E-state index is 12.3. The largest absolute Gasteiger partial charge is 0.497 e. The molecule has 0 unspecified atom stereocenters. The van der Waals surface area contributed by atoms with Crippen molar-refractivity contribution in [2.24, 2.45) is 0 Å². The summed E-state index contributed by atoms with van der Waals surface area (Å²) >= 11 is 0. The molecule has 1 heterocycles. The molecule has 3 rings (SSSR count). The molecule has 0 bridgehead atoms. The molecule has 0 N–H and O–H groups in total. The standard InChI is InChI=1S/C21H20O5/c1-3-4-5-15-12-20(22)26-19-13-17(10-11-18(15)19)25-21(23)14-6-8-16(24-2)9-7-14/h6-13H,3-5H2,1-2H3. The Morgan fingerprint density at radius 3 is 2.46 bits per heavy atom. The van der Waals surface area contributed by atoms with Crippen LogP contribution >= 0.6 is 0 Å². The highest BCUT2D eigenvalue weighted by atomic mass is 16.5. The van der Waals surface area contributed by atoms with Crippen molar-refractivity contribution < 1.29 is 18.7 Å². The maximum Gasteiger partial charge on any atom is 0.343 e. The molecular formula is C21H20O5. The number of esters is 1. The van der Waals surface area contributed by atoms with Gasteiger partial charge in [-0.05, 0) is 54.8 Å². The van der Waals surface area contributed by atoms with Crippen molar-refractivity contribution in [3.8, 4) is 11.5 Å². The van der Waals surface area contributed by atoms with E-state index in [1.54, 1.807) is 43.5 Å². The molecule has 1 aromatic heterocycles. The number of fused-ring (bicyclic) bond motifs is 1. The van der Waals surface area contributed by atoms with Crippen LogP contribution in [0.4, 0.5) is 0 Å². The zero-order valence-corrected chi connectivity index (χ0v) is 14.8. The van der Waals surface area contributed by atoms with Crippen LogP contribution in [-0.2, 0) is 6.42 Å². The average Bonchev–Trinajstić information content (AvgIpc) is 2.65. The number of unbranched alkanes of at least 4 members (excludes halogenated alkanes) is 1. The second kappa shape index (κ2) is 7.87. The van der Waals surface area contributed by atoms with E-state index in [1.165, 1.54) is 6.07 Å². The number of carbonyl (C=O) groups excluding carboxylic acids is 1. The van der Waals surface area contributed by atoms with Gasteiger partial charge in [-0.15, -0.1) is 0 Å². The van der Waals surface area contributed by atoms with Gasteiger partial charge in [0.25, 0.3) is 0 Å². The highest BCUT2D eigenvalue weighted by Crippen LogP contribution is 2.24. The molecule has 0 saturated carbocycles. The number of carbonyl (C=O) groups is 1. The quantitative estimate of drug-likeness (QED) is 0.374. The number of methoxy groups -OCH3 is 1. The fourth-order valence-electron chi connectivity index (χ4n) is 2.74. The van der Waals surface area contributed by atoms with Crippen molar-refractivity contribution in [2.75, 3.05) is 7.11 Å². The van der Waals surface area contributed by atoms with Crippen LogP contribution in [0.25, 0.3) is 11.0 Å². The smallest absolute Gasteiger partial charge is 0.343 e. The summed E-state index contributed by atoms with van der Waals surface area (Å²) in [7, 11) is 1.56. The molecule has 0 saturated heterocycles. The maximum atomic E-state index is 12.3. The van der Waals surface area contributed by atoms with Crippen molar-refractivity contribution in [3.05, 3.63) is 70.1 Å². The normalized spacial score (nSPS) is 10.7. The van der Waals surface area contributed by atoms with Crippen LogP contribution in [0.5, 0.6) is 11.5 Å². The fraction of sp³-hybridized carbons (Fsp3) is 0.238. The first-order chi connectivity index (χ1) is 12.6. The minimum atomic E-state index is -0.489. The molecule has 134 valence electrons. The van der Waals surface area contributed by atoms with E-state index in [9.17, 15) is 9.59 Å². The Hall–Kier alpha value is -3.08. The van der Waals surface area contributed by atoms with Crippen molar-refractivity contribution in [1.82, 2.24) is 0 Å². The molecule has 0 radical (unpaired) electrons. The third kappa shape index (κ3) is 3.94. The van der Waals surface area contributed by atoms with Crippen molar-refractivity contribution in [1.29, 1.82) is 0 Å². The third-order valence-electron chi connectivity index (χ3n) is 4.14. The van der Waals surface area contributed by atoms with Crippen LogP contribution in [0.3, 0.4) is 0 Å². The van der Waals surface area contributed by atoms with E-state index in [-0.39, 0.29) is 0 Å². The molecule has 2 aromatic carbocycles. The second-order valence-corrected chi connectivity index (χ2v) is 5.97. The average molecular weight is 352 g/mol. The van der Waals surface area contributed by atoms with Gasteiger partial charge in [-0.2, -0.15) is 0 Å². The highest BCUT2D eigenvalue weighted by Gasteiger charge is 2.11. The molecular weight excluding hydrogens is 332 g/mol. The molecule has 0 fully saturated rings. The van der Waals surface area contributed by atoms with E-state index < -0.39 is 11.6 Å². The summed E-state index contributed by atoms with van der Waals surface area (Å²) in [6.45, 7) is 2.10. The van der Waals surface area contributed by atoms with Crippen molar-refractivity contribution >= 4 is 16.9 Å². The van der Waals surface area contributed by atoms with Gasteiger partial charge >= 0.3 is 11.6 Å². The topological polar surface area (TPSA) is 65.7 Å². The minimum Gasteiger partial charge on any atom is -0.497 e. The molecule has 5 heteroatoms. The summed E-state index contributed by atoms with van der Waals surface area (Å²) in [6, 6.07) is 13.3. The number of rotatable bonds is 6. The molecule has 3 aromatic rings. The van der Waals surface area contributed by atoms with E-state index in [0.29, 0.717) is 22.6 Å². The van der Waals surface area contributed by atoms with Crippen LogP contribution in [0, 0.1) is 0 Å². The zero-order chi connectivity index (χ0) is 18.5. The number of aryl methyl sites for hydroxylation is 1. The Morgan fingerprint density at radius 1 is 1.04 bits per heavy atom.